The quantitative estimate of drug-likeness (QED) is 0.285. The first-order chi connectivity index (χ1) is 17.1. The van der Waals surface area contributed by atoms with E-state index >= 15 is 0 Å². The number of hydrogen-bond acceptors (Lipinski definition) is 3. The highest BCUT2D eigenvalue weighted by atomic mass is 16.4. The van der Waals surface area contributed by atoms with E-state index in [-0.39, 0.29) is 0 Å². The van der Waals surface area contributed by atoms with E-state index in [1.165, 1.54) is 0 Å². The van der Waals surface area contributed by atoms with Gasteiger partial charge in [-0.15, -0.1) is 0 Å². The van der Waals surface area contributed by atoms with Gasteiger partial charge in [-0.2, -0.15) is 0 Å². The molecule has 0 aliphatic heterocycles. The topological polar surface area (TPSA) is 66.6 Å². The van der Waals surface area contributed by atoms with Crippen LogP contribution in [0.15, 0.2) is 84.9 Å². The summed E-state index contributed by atoms with van der Waals surface area (Å²) in [6.07, 6.45) is 0. The fourth-order valence-electron chi connectivity index (χ4n) is 3.73. The molecule has 0 saturated carbocycles. The average molecular weight is 467 g/mol. The van der Waals surface area contributed by atoms with E-state index in [1.807, 2.05) is 50.2 Å². The van der Waals surface area contributed by atoms with Crippen molar-refractivity contribution in [3.05, 3.63) is 96.3 Å². The molecule has 0 amide bonds. The standard InChI is InChI=1S/C26H22N4.C2H6O.C2H6/c1-17-23(19-9-5-3-6-10-19)29-25(27-17)21-13-15-22(16-14-21)26-28-18(2)24(30-26)20-11-7-4-8-12-20;1-3-2;1-2/h3-16H,1-2H3,(H,27,29)(H,28,30);1-2H3;1-2H3. The number of nitrogens with zero attached hydrogens (tertiary/aromatic N) is 2. The minimum atomic E-state index is 0.874. The molecule has 0 atom stereocenters. The van der Waals surface area contributed by atoms with Crippen molar-refractivity contribution in [3.63, 3.8) is 0 Å². The van der Waals surface area contributed by atoms with Crippen molar-refractivity contribution >= 4 is 0 Å². The second kappa shape index (κ2) is 12.5. The van der Waals surface area contributed by atoms with Gasteiger partial charge in [0.05, 0.1) is 11.4 Å². The number of aromatic amines is 2. The summed E-state index contributed by atoms with van der Waals surface area (Å²) >= 11 is 0. The molecular formula is C30H34N4O. The molecule has 180 valence electrons. The van der Waals surface area contributed by atoms with Gasteiger partial charge in [0, 0.05) is 47.9 Å². The van der Waals surface area contributed by atoms with Gasteiger partial charge in [0.25, 0.3) is 0 Å². The minimum Gasteiger partial charge on any atom is -0.388 e. The number of aryl methyl sites for hydroxylation is 2. The summed E-state index contributed by atoms with van der Waals surface area (Å²) in [6, 6.07) is 28.9. The third-order valence-corrected chi connectivity index (χ3v) is 5.30. The van der Waals surface area contributed by atoms with Crippen molar-refractivity contribution in [2.75, 3.05) is 14.2 Å². The monoisotopic (exact) mass is 466 g/mol. The van der Waals surface area contributed by atoms with Crippen LogP contribution in [0.5, 0.6) is 0 Å². The van der Waals surface area contributed by atoms with Gasteiger partial charge in [-0.05, 0) is 13.8 Å². The Morgan fingerprint density at radius 2 is 0.829 bits per heavy atom. The van der Waals surface area contributed by atoms with E-state index < -0.39 is 0 Å². The van der Waals surface area contributed by atoms with Gasteiger partial charge in [-0.1, -0.05) is 98.8 Å². The molecule has 5 nitrogen and oxygen atoms in total. The highest BCUT2D eigenvalue weighted by Crippen LogP contribution is 2.29. The Bertz CT molecular complexity index is 1200. The predicted molar refractivity (Wildman–Crippen MR) is 146 cm³/mol. The van der Waals surface area contributed by atoms with E-state index in [2.05, 4.69) is 77.1 Å². The Labute approximate surface area is 208 Å². The first kappa shape index (κ1) is 25.7. The van der Waals surface area contributed by atoms with Gasteiger partial charge in [-0.25, -0.2) is 9.97 Å². The maximum Gasteiger partial charge on any atom is 0.138 e. The molecule has 2 heterocycles. The van der Waals surface area contributed by atoms with E-state index in [4.69, 9.17) is 9.97 Å². The summed E-state index contributed by atoms with van der Waals surface area (Å²) < 4.78 is 4.25. The first-order valence-electron chi connectivity index (χ1n) is 11.9. The number of benzene rings is 3. The molecule has 35 heavy (non-hydrogen) atoms. The highest BCUT2D eigenvalue weighted by molar-refractivity contribution is 5.71. The summed E-state index contributed by atoms with van der Waals surface area (Å²) in [7, 11) is 3.25. The number of rotatable bonds is 4. The van der Waals surface area contributed by atoms with Crippen molar-refractivity contribution in [1.82, 2.24) is 19.9 Å². The van der Waals surface area contributed by atoms with E-state index in [1.54, 1.807) is 14.2 Å². The van der Waals surface area contributed by atoms with Crippen molar-refractivity contribution in [2.45, 2.75) is 27.7 Å². The van der Waals surface area contributed by atoms with Crippen LogP contribution in [-0.4, -0.2) is 34.2 Å². The zero-order valence-electron chi connectivity index (χ0n) is 21.4. The third-order valence-electron chi connectivity index (χ3n) is 5.30. The fraction of sp³-hybridized carbons (Fsp3) is 0.200. The van der Waals surface area contributed by atoms with Crippen LogP contribution in [0, 0.1) is 13.8 Å². The summed E-state index contributed by atoms with van der Waals surface area (Å²) in [5.74, 6) is 1.75. The molecule has 0 bridgehead atoms. The fourth-order valence-corrected chi connectivity index (χ4v) is 3.73. The number of nitrogens with one attached hydrogen (secondary N) is 2. The summed E-state index contributed by atoms with van der Waals surface area (Å²) in [5, 5.41) is 0. The lowest BCUT2D eigenvalue weighted by Crippen LogP contribution is -1.84. The van der Waals surface area contributed by atoms with Crippen molar-refractivity contribution < 1.29 is 4.74 Å². The molecular weight excluding hydrogens is 432 g/mol. The van der Waals surface area contributed by atoms with Crippen molar-refractivity contribution in [3.8, 4) is 45.3 Å². The second-order valence-electron chi connectivity index (χ2n) is 7.84. The Kier molecular flexibility index (Phi) is 9.16. The summed E-state index contributed by atoms with van der Waals surface area (Å²) in [5.41, 5.74) is 8.45. The third kappa shape index (κ3) is 6.14. The number of hydrogen-bond donors (Lipinski definition) is 2. The molecule has 5 heteroatoms. The number of ether oxygens (including phenoxy) is 1. The van der Waals surface area contributed by atoms with Gasteiger partial charge in [-0.3, -0.25) is 0 Å². The van der Waals surface area contributed by atoms with Crippen LogP contribution in [0.4, 0.5) is 0 Å². The maximum atomic E-state index is 4.83. The number of methoxy groups -OCH3 is 1. The molecule has 0 unspecified atom stereocenters. The minimum absolute atomic E-state index is 0.874. The summed E-state index contributed by atoms with van der Waals surface area (Å²) in [4.78, 5) is 16.5. The van der Waals surface area contributed by atoms with Gasteiger partial charge in [0.1, 0.15) is 11.6 Å². The average Bonchev–Trinajstić information content (AvgIpc) is 3.49. The Morgan fingerprint density at radius 1 is 0.514 bits per heavy atom. The zero-order valence-corrected chi connectivity index (χ0v) is 21.4. The SMILES string of the molecule is CC.COC.Cc1[nH]c(-c2ccc(-c3nc(-c4ccccc4)c(C)[nH]3)cc2)nc1-c1ccccc1. The molecule has 3 aromatic carbocycles. The number of aromatic nitrogens is 4. The Balaban J connectivity index is 0.000000638. The van der Waals surface area contributed by atoms with E-state index in [0.717, 1.165) is 56.7 Å². The maximum absolute atomic E-state index is 4.83. The van der Waals surface area contributed by atoms with Crippen molar-refractivity contribution in [1.29, 1.82) is 0 Å². The van der Waals surface area contributed by atoms with Crippen LogP contribution in [0.3, 0.4) is 0 Å². The molecule has 0 aliphatic rings. The van der Waals surface area contributed by atoms with Crippen LogP contribution in [0.25, 0.3) is 45.3 Å². The lowest BCUT2D eigenvalue weighted by atomic mass is 10.1. The van der Waals surface area contributed by atoms with Gasteiger partial charge < -0.3 is 14.7 Å². The number of imidazole rings is 2. The lowest BCUT2D eigenvalue weighted by Gasteiger charge is -2.00. The lowest BCUT2D eigenvalue weighted by molar-refractivity contribution is 0.277. The van der Waals surface area contributed by atoms with E-state index in [0.29, 0.717) is 0 Å². The predicted octanol–water partition coefficient (Wildman–Crippen LogP) is 7.71. The van der Waals surface area contributed by atoms with Gasteiger partial charge in [0.2, 0.25) is 0 Å². The molecule has 5 aromatic rings. The molecule has 0 aliphatic carbocycles. The van der Waals surface area contributed by atoms with Crippen LogP contribution >= 0.6 is 0 Å². The number of H-pyrrole nitrogens is 2. The van der Waals surface area contributed by atoms with Crippen molar-refractivity contribution in [2.24, 2.45) is 0 Å². The van der Waals surface area contributed by atoms with Crippen LogP contribution in [0.1, 0.15) is 25.2 Å². The molecule has 0 radical (unpaired) electrons. The molecule has 0 fully saturated rings. The van der Waals surface area contributed by atoms with Crippen LogP contribution in [-0.2, 0) is 4.74 Å². The second-order valence-corrected chi connectivity index (χ2v) is 7.84. The molecule has 5 rings (SSSR count). The first-order valence-corrected chi connectivity index (χ1v) is 11.9. The molecule has 2 N–H and O–H groups in total. The largest absolute Gasteiger partial charge is 0.388 e. The highest BCUT2D eigenvalue weighted by Gasteiger charge is 2.13. The smallest absolute Gasteiger partial charge is 0.138 e. The Morgan fingerprint density at radius 3 is 1.14 bits per heavy atom. The van der Waals surface area contributed by atoms with Gasteiger partial charge >= 0.3 is 0 Å². The van der Waals surface area contributed by atoms with E-state index in [9.17, 15) is 0 Å². The van der Waals surface area contributed by atoms with Crippen LogP contribution < -0.4 is 0 Å². The molecule has 0 saturated heterocycles. The molecule has 2 aromatic heterocycles. The van der Waals surface area contributed by atoms with Crippen LogP contribution in [0.2, 0.25) is 0 Å². The zero-order chi connectivity index (χ0) is 25.2. The Hall–Kier alpha value is -3.96. The summed E-state index contributed by atoms with van der Waals surface area (Å²) in [6.45, 7) is 8.12. The normalized spacial score (nSPS) is 10.1. The van der Waals surface area contributed by atoms with Gasteiger partial charge in [0.15, 0.2) is 0 Å². The molecule has 0 spiro atoms.